The molecule has 0 radical (unpaired) electrons. The summed E-state index contributed by atoms with van der Waals surface area (Å²) in [6.07, 6.45) is 3.69. The van der Waals surface area contributed by atoms with Crippen molar-refractivity contribution in [3.8, 4) is 0 Å². The largest absolute Gasteiger partial charge is 0.276 e. The highest BCUT2D eigenvalue weighted by atomic mass is 32.2. The van der Waals surface area contributed by atoms with E-state index in [1.165, 1.54) is 0 Å². The molecule has 0 bridgehead atoms. The minimum Gasteiger partial charge on any atom is -0.200 e. The number of benzene rings is 3. The van der Waals surface area contributed by atoms with Gasteiger partial charge in [-0.3, -0.25) is 0 Å². The Balaban J connectivity index is 1.90. The molecule has 0 saturated heterocycles. The van der Waals surface area contributed by atoms with E-state index in [1.54, 1.807) is 30.3 Å². The van der Waals surface area contributed by atoms with Gasteiger partial charge in [0.05, 0.1) is 10.6 Å². The molecular formula is C22H20N2O2S. The standard InChI is InChI=1S/C22H20N2O2S/c1-18-12-15-21(16-13-18)27(25,26)24-23-22(20-10-6-3-7-11-20)17-14-19-8-4-2-5-9-19/h2-17,24H,1H3/b17-14-,23-22-. The zero-order valence-electron chi connectivity index (χ0n) is 14.9. The first-order chi connectivity index (χ1) is 13.0. The average molecular weight is 376 g/mol. The van der Waals surface area contributed by atoms with Gasteiger partial charge in [0.25, 0.3) is 10.0 Å². The molecule has 1 N–H and O–H groups in total. The van der Waals surface area contributed by atoms with E-state index in [4.69, 9.17) is 0 Å². The lowest BCUT2D eigenvalue weighted by Gasteiger charge is -2.06. The van der Waals surface area contributed by atoms with Crippen molar-refractivity contribution >= 4 is 21.8 Å². The van der Waals surface area contributed by atoms with Gasteiger partial charge < -0.3 is 0 Å². The van der Waals surface area contributed by atoms with Gasteiger partial charge in [-0.1, -0.05) is 84.4 Å². The molecule has 27 heavy (non-hydrogen) atoms. The third kappa shape index (κ3) is 5.15. The first-order valence-electron chi connectivity index (χ1n) is 8.49. The SMILES string of the molecule is Cc1ccc(S(=O)(=O)N/N=C(/C=C\c2ccccc2)c2ccccc2)cc1. The van der Waals surface area contributed by atoms with Crippen LogP contribution in [-0.4, -0.2) is 14.1 Å². The third-order valence-corrected chi connectivity index (χ3v) is 5.14. The zero-order chi connectivity index (χ0) is 19.1. The summed E-state index contributed by atoms with van der Waals surface area (Å²) in [5, 5.41) is 4.17. The molecule has 5 heteroatoms. The molecule has 3 aromatic rings. The molecule has 0 aliphatic rings. The number of hydrogen-bond acceptors (Lipinski definition) is 3. The molecule has 4 nitrogen and oxygen atoms in total. The number of aryl methyl sites for hydroxylation is 1. The van der Waals surface area contributed by atoms with Crippen molar-refractivity contribution in [2.75, 3.05) is 0 Å². The van der Waals surface area contributed by atoms with Gasteiger partial charge in [0.1, 0.15) is 0 Å². The van der Waals surface area contributed by atoms with Gasteiger partial charge in [-0.05, 0) is 30.7 Å². The van der Waals surface area contributed by atoms with Gasteiger partial charge in [0.15, 0.2) is 0 Å². The van der Waals surface area contributed by atoms with Crippen LogP contribution >= 0.6 is 0 Å². The van der Waals surface area contributed by atoms with E-state index < -0.39 is 10.0 Å². The molecule has 0 spiro atoms. The lowest BCUT2D eigenvalue weighted by Crippen LogP contribution is -2.20. The number of nitrogens with zero attached hydrogens (tertiary/aromatic N) is 1. The van der Waals surface area contributed by atoms with Crippen molar-refractivity contribution in [2.24, 2.45) is 5.10 Å². The Labute approximate surface area is 159 Å². The van der Waals surface area contributed by atoms with Gasteiger partial charge in [0.2, 0.25) is 0 Å². The molecular weight excluding hydrogens is 356 g/mol. The number of hydrazone groups is 1. The lowest BCUT2D eigenvalue weighted by molar-refractivity contribution is 0.584. The van der Waals surface area contributed by atoms with E-state index in [2.05, 4.69) is 9.93 Å². The number of nitrogens with one attached hydrogen (secondary N) is 1. The summed E-state index contributed by atoms with van der Waals surface area (Å²) in [7, 11) is -3.73. The van der Waals surface area contributed by atoms with Crippen LogP contribution in [0, 0.1) is 6.92 Å². The first-order valence-corrected chi connectivity index (χ1v) is 9.98. The fourth-order valence-electron chi connectivity index (χ4n) is 2.43. The van der Waals surface area contributed by atoms with Crippen molar-refractivity contribution in [1.29, 1.82) is 0 Å². The summed E-state index contributed by atoms with van der Waals surface area (Å²) < 4.78 is 25.0. The average Bonchev–Trinajstić information content (AvgIpc) is 2.70. The smallest absolute Gasteiger partial charge is 0.200 e. The van der Waals surface area contributed by atoms with Gasteiger partial charge in [-0.2, -0.15) is 18.4 Å². The molecule has 0 unspecified atom stereocenters. The molecule has 0 atom stereocenters. The maximum Gasteiger partial charge on any atom is 0.276 e. The maximum absolute atomic E-state index is 12.5. The molecule has 0 amide bonds. The van der Waals surface area contributed by atoms with E-state index in [0.717, 1.165) is 16.7 Å². The van der Waals surface area contributed by atoms with Crippen LogP contribution < -0.4 is 4.83 Å². The molecule has 0 fully saturated rings. The minimum atomic E-state index is -3.73. The molecule has 3 aromatic carbocycles. The summed E-state index contributed by atoms with van der Waals surface area (Å²) in [5.74, 6) is 0. The van der Waals surface area contributed by atoms with Gasteiger partial charge in [0, 0.05) is 5.56 Å². The summed E-state index contributed by atoms with van der Waals surface area (Å²) in [4.78, 5) is 2.52. The summed E-state index contributed by atoms with van der Waals surface area (Å²) in [5.41, 5.74) is 3.34. The Bertz CT molecular complexity index is 1040. The van der Waals surface area contributed by atoms with Crippen LogP contribution in [0.1, 0.15) is 16.7 Å². The van der Waals surface area contributed by atoms with E-state index in [-0.39, 0.29) is 4.90 Å². The predicted molar refractivity (Wildman–Crippen MR) is 110 cm³/mol. The van der Waals surface area contributed by atoms with Crippen molar-refractivity contribution in [3.05, 3.63) is 108 Å². The molecule has 136 valence electrons. The van der Waals surface area contributed by atoms with Gasteiger partial charge in [-0.25, -0.2) is 0 Å². The second kappa shape index (κ2) is 8.47. The van der Waals surface area contributed by atoms with Gasteiger partial charge >= 0.3 is 0 Å². The van der Waals surface area contributed by atoms with Crippen LogP contribution in [-0.2, 0) is 10.0 Å². The van der Waals surface area contributed by atoms with E-state index in [1.807, 2.05) is 73.7 Å². The summed E-state index contributed by atoms with van der Waals surface area (Å²) in [6.45, 7) is 1.91. The minimum absolute atomic E-state index is 0.177. The molecule has 3 rings (SSSR count). The molecule has 0 aliphatic heterocycles. The second-order valence-electron chi connectivity index (χ2n) is 6.01. The molecule has 0 heterocycles. The Kier molecular flexibility index (Phi) is 5.84. The topological polar surface area (TPSA) is 58.5 Å². The van der Waals surface area contributed by atoms with Crippen LogP contribution in [0.3, 0.4) is 0 Å². The van der Waals surface area contributed by atoms with Crippen molar-refractivity contribution in [1.82, 2.24) is 4.83 Å². The Morgan fingerprint density at radius 3 is 2.07 bits per heavy atom. The Morgan fingerprint density at radius 1 is 0.852 bits per heavy atom. The lowest BCUT2D eigenvalue weighted by atomic mass is 10.1. The number of hydrogen-bond donors (Lipinski definition) is 1. The first kappa shape index (κ1) is 18.6. The quantitative estimate of drug-likeness (QED) is 0.512. The third-order valence-electron chi connectivity index (χ3n) is 3.92. The van der Waals surface area contributed by atoms with E-state index in [0.29, 0.717) is 5.71 Å². The van der Waals surface area contributed by atoms with Crippen LogP contribution in [0.2, 0.25) is 0 Å². The number of allylic oxidation sites excluding steroid dienone is 1. The zero-order valence-corrected chi connectivity index (χ0v) is 15.7. The second-order valence-corrected chi connectivity index (χ2v) is 7.68. The van der Waals surface area contributed by atoms with Crippen LogP contribution in [0.4, 0.5) is 0 Å². The molecule has 0 aromatic heterocycles. The predicted octanol–water partition coefficient (Wildman–Crippen LogP) is 4.39. The van der Waals surface area contributed by atoms with E-state index >= 15 is 0 Å². The maximum atomic E-state index is 12.5. The monoisotopic (exact) mass is 376 g/mol. The van der Waals surface area contributed by atoms with Crippen molar-refractivity contribution < 1.29 is 8.42 Å². The summed E-state index contributed by atoms with van der Waals surface area (Å²) >= 11 is 0. The normalized spacial score (nSPS) is 12.3. The van der Waals surface area contributed by atoms with E-state index in [9.17, 15) is 8.42 Å². The van der Waals surface area contributed by atoms with Gasteiger partial charge in [-0.15, -0.1) is 0 Å². The molecule has 0 aliphatic carbocycles. The Hall–Kier alpha value is -3.18. The Morgan fingerprint density at radius 2 is 1.44 bits per heavy atom. The highest BCUT2D eigenvalue weighted by molar-refractivity contribution is 7.89. The fraction of sp³-hybridized carbons (Fsp3) is 0.0455. The van der Waals surface area contributed by atoms with Crippen LogP contribution in [0.5, 0.6) is 0 Å². The fourth-order valence-corrected chi connectivity index (χ4v) is 3.24. The van der Waals surface area contributed by atoms with Crippen LogP contribution in [0.25, 0.3) is 6.08 Å². The molecule has 0 saturated carbocycles. The highest BCUT2D eigenvalue weighted by Gasteiger charge is 2.13. The number of sulfonamides is 1. The highest BCUT2D eigenvalue weighted by Crippen LogP contribution is 2.11. The van der Waals surface area contributed by atoms with Crippen molar-refractivity contribution in [2.45, 2.75) is 11.8 Å². The number of rotatable bonds is 6. The van der Waals surface area contributed by atoms with Crippen LogP contribution in [0.15, 0.2) is 101 Å². The summed E-state index contributed by atoms with van der Waals surface area (Å²) in [6, 6.07) is 25.8. The van der Waals surface area contributed by atoms with Crippen molar-refractivity contribution in [3.63, 3.8) is 0 Å².